The molecule has 1 saturated heterocycles. The van der Waals surface area contributed by atoms with E-state index in [1.54, 1.807) is 0 Å². The summed E-state index contributed by atoms with van der Waals surface area (Å²) in [6.07, 6.45) is 0.918. The molecular weight excluding hydrogens is 242 g/mol. The average Bonchev–Trinajstić information content (AvgIpc) is 2.91. The molecule has 2 aliphatic heterocycles. The third kappa shape index (κ3) is 2.20. The number of nitrogens with zero attached hydrogens (tertiary/aromatic N) is 4. The van der Waals surface area contributed by atoms with E-state index in [1.807, 2.05) is 0 Å². The molecule has 104 valence electrons. The zero-order valence-corrected chi connectivity index (χ0v) is 11.6. The van der Waals surface area contributed by atoms with Crippen molar-refractivity contribution in [2.75, 3.05) is 44.4 Å². The van der Waals surface area contributed by atoms with Crippen LogP contribution in [0, 0.1) is 0 Å². The molecule has 0 spiro atoms. The molecule has 0 aliphatic carbocycles. The van der Waals surface area contributed by atoms with Gasteiger partial charge in [-0.1, -0.05) is 6.92 Å². The maximum Gasteiger partial charge on any atom is 0.159 e. The monoisotopic (exact) mass is 263 g/mol. The normalized spacial score (nSPS) is 19.4. The number of aryl methyl sites for hydroxylation is 1. The molecule has 6 nitrogen and oxygen atoms in total. The lowest BCUT2D eigenvalue weighted by Crippen LogP contribution is -2.44. The van der Waals surface area contributed by atoms with E-state index in [2.05, 4.69) is 28.6 Å². The van der Waals surface area contributed by atoms with E-state index < -0.39 is 0 Å². The van der Waals surface area contributed by atoms with Gasteiger partial charge in [0.2, 0.25) is 0 Å². The summed E-state index contributed by atoms with van der Waals surface area (Å²) in [4.78, 5) is 17.4. The van der Waals surface area contributed by atoms with Crippen LogP contribution in [0.25, 0.3) is 0 Å². The highest BCUT2D eigenvalue weighted by molar-refractivity contribution is 6.02. The third-order valence-corrected chi connectivity index (χ3v) is 3.68. The Hall–Kier alpha value is -1.56. The highest BCUT2D eigenvalue weighted by atomic mass is 16.5. The zero-order valence-electron chi connectivity index (χ0n) is 11.6. The largest absolute Gasteiger partial charge is 0.378 e. The van der Waals surface area contributed by atoms with Gasteiger partial charge in [0, 0.05) is 26.1 Å². The number of amidine groups is 1. The molecule has 6 heteroatoms. The van der Waals surface area contributed by atoms with Gasteiger partial charge in [0.1, 0.15) is 18.2 Å². The van der Waals surface area contributed by atoms with Crippen molar-refractivity contribution < 1.29 is 4.74 Å². The zero-order chi connectivity index (χ0) is 13.2. The van der Waals surface area contributed by atoms with Crippen LogP contribution in [0.15, 0.2) is 4.99 Å². The molecule has 0 radical (unpaired) electrons. The number of aromatic nitrogens is 2. The van der Waals surface area contributed by atoms with Crippen LogP contribution in [0.4, 0.5) is 5.82 Å². The Morgan fingerprint density at radius 2 is 2.05 bits per heavy atom. The van der Waals surface area contributed by atoms with Gasteiger partial charge in [0.05, 0.1) is 13.2 Å². The van der Waals surface area contributed by atoms with E-state index in [4.69, 9.17) is 14.7 Å². The second-order valence-corrected chi connectivity index (χ2v) is 4.81. The Morgan fingerprint density at radius 1 is 1.26 bits per heavy atom. The molecule has 0 bridgehead atoms. The number of hydrogen-bond acceptors (Lipinski definition) is 5. The Labute approximate surface area is 113 Å². The fraction of sp³-hybridized carbons (Fsp3) is 0.692. The number of fused-ring (bicyclic) bond motifs is 1. The van der Waals surface area contributed by atoms with Gasteiger partial charge in [-0.05, 0) is 6.92 Å². The minimum Gasteiger partial charge on any atom is -0.378 e. The van der Waals surface area contributed by atoms with Crippen LogP contribution in [0.3, 0.4) is 0 Å². The van der Waals surface area contributed by atoms with E-state index in [-0.39, 0.29) is 0 Å². The number of imidazole rings is 1. The summed E-state index contributed by atoms with van der Waals surface area (Å²) in [5.74, 6) is 3.14. The number of hydrogen-bond donors (Lipinski definition) is 1. The van der Waals surface area contributed by atoms with Crippen LogP contribution < -0.4 is 4.90 Å². The van der Waals surface area contributed by atoms with Gasteiger partial charge in [-0.3, -0.25) is 0 Å². The Kier molecular flexibility index (Phi) is 3.42. The standard InChI is InChI=1S/C13H21N5O/c1-3-10-15-11-12(18-5-7-19-8-6-18)14-9-17(4-2)13(11)16-10/h3-9H2,1-2H3,(H,15,16). The number of morpholine rings is 1. The first-order valence-electron chi connectivity index (χ1n) is 7.04. The van der Waals surface area contributed by atoms with Crippen LogP contribution in [-0.4, -0.2) is 60.2 Å². The maximum absolute atomic E-state index is 5.41. The lowest BCUT2D eigenvalue weighted by molar-refractivity contribution is 0.0680. The SMILES string of the molecule is CCc1nc2c([nH]1)C(N1CCOCC1)=NCN2CC. The first-order chi connectivity index (χ1) is 9.33. The van der Waals surface area contributed by atoms with Crippen LogP contribution >= 0.6 is 0 Å². The Balaban J connectivity index is 1.94. The van der Waals surface area contributed by atoms with Gasteiger partial charge in [-0.25, -0.2) is 9.98 Å². The average molecular weight is 263 g/mol. The fourth-order valence-electron chi connectivity index (χ4n) is 2.55. The molecule has 0 saturated carbocycles. The van der Waals surface area contributed by atoms with E-state index in [0.717, 1.165) is 62.4 Å². The second kappa shape index (κ2) is 5.21. The van der Waals surface area contributed by atoms with E-state index in [9.17, 15) is 0 Å². The number of aliphatic imine (C=N–C) groups is 1. The van der Waals surface area contributed by atoms with Crippen molar-refractivity contribution in [2.45, 2.75) is 20.3 Å². The topological polar surface area (TPSA) is 56.8 Å². The summed E-state index contributed by atoms with van der Waals surface area (Å²) >= 11 is 0. The van der Waals surface area contributed by atoms with Crippen LogP contribution in [0.5, 0.6) is 0 Å². The van der Waals surface area contributed by atoms with E-state index >= 15 is 0 Å². The van der Waals surface area contributed by atoms with Gasteiger partial charge in [-0.15, -0.1) is 0 Å². The lowest BCUT2D eigenvalue weighted by Gasteiger charge is -2.33. The van der Waals surface area contributed by atoms with Crippen molar-refractivity contribution in [3.05, 3.63) is 11.5 Å². The maximum atomic E-state index is 5.41. The van der Waals surface area contributed by atoms with Crippen molar-refractivity contribution in [3.63, 3.8) is 0 Å². The van der Waals surface area contributed by atoms with Crippen LogP contribution in [0.1, 0.15) is 25.4 Å². The first kappa shape index (κ1) is 12.5. The van der Waals surface area contributed by atoms with Crippen LogP contribution in [0.2, 0.25) is 0 Å². The molecular formula is C13H21N5O. The highest BCUT2D eigenvalue weighted by Gasteiger charge is 2.27. The number of aromatic amines is 1. The van der Waals surface area contributed by atoms with E-state index in [0.29, 0.717) is 6.67 Å². The summed E-state index contributed by atoms with van der Waals surface area (Å²) < 4.78 is 5.41. The van der Waals surface area contributed by atoms with E-state index in [1.165, 1.54) is 0 Å². The summed E-state index contributed by atoms with van der Waals surface area (Å²) in [5.41, 5.74) is 1.08. The minimum absolute atomic E-state index is 0.699. The third-order valence-electron chi connectivity index (χ3n) is 3.68. The van der Waals surface area contributed by atoms with Crippen LogP contribution in [-0.2, 0) is 11.2 Å². The number of anilines is 1. The highest BCUT2D eigenvalue weighted by Crippen LogP contribution is 2.24. The van der Waals surface area contributed by atoms with Gasteiger partial charge in [-0.2, -0.15) is 0 Å². The molecule has 0 aromatic carbocycles. The molecule has 0 amide bonds. The summed E-state index contributed by atoms with van der Waals surface area (Å²) in [6.45, 7) is 9.26. The number of H-pyrrole nitrogens is 1. The molecule has 1 aromatic rings. The molecule has 0 atom stereocenters. The smallest absolute Gasteiger partial charge is 0.159 e. The van der Waals surface area contributed by atoms with Gasteiger partial charge >= 0.3 is 0 Å². The predicted octanol–water partition coefficient (Wildman–Crippen LogP) is 0.848. The Morgan fingerprint density at radius 3 is 2.74 bits per heavy atom. The van der Waals surface area contributed by atoms with Crippen molar-refractivity contribution in [1.82, 2.24) is 14.9 Å². The quantitative estimate of drug-likeness (QED) is 0.859. The molecule has 1 N–H and O–H groups in total. The Bertz CT molecular complexity index is 475. The number of ether oxygens (including phenoxy) is 1. The summed E-state index contributed by atoms with van der Waals surface area (Å²) in [6, 6.07) is 0. The number of rotatable bonds is 2. The number of nitrogens with one attached hydrogen (secondary N) is 1. The van der Waals surface area contributed by atoms with Crippen molar-refractivity contribution >= 4 is 11.7 Å². The molecule has 0 unspecified atom stereocenters. The first-order valence-corrected chi connectivity index (χ1v) is 7.04. The molecule has 19 heavy (non-hydrogen) atoms. The molecule has 3 heterocycles. The van der Waals surface area contributed by atoms with Gasteiger partial charge in [0.25, 0.3) is 0 Å². The summed E-state index contributed by atoms with van der Waals surface area (Å²) in [5, 5.41) is 0. The minimum atomic E-state index is 0.699. The fourth-order valence-corrected chi connectivity index (χ4v) is 2.55. The van der Waals surface area contributed by atoms with Crippen molar-refractivity contribution in [1.29, 1.82) is 0 Å². The van der Waals surface area contributed by atoms with Crippen molar-refractivity contribution in [3.8, 4) is 0 Å². The van der Waals surface area contributed by atoms with Gasteiger partial charge < -0.3 is 19.5 Å². The summed E-state index contributed by atoms with van der Waals surface area (Å²) in [7, 11) is 0. The molecule has 1 fully saturated rings. The predicted molar refractivity (Wildman–Crippen MR) is 74.8 cm³/mol. The molecule has 1 aromatic heterocycles. The van der Waals surface area contributed by atoms with Crippen molar-refractivity contribution in [2.24, 2.45) is 4.99 Å². The second-order valence-electron chi connectivity index (χ2n) is 4.81. The molecule has 3 rings (SSSR count). The molecule has 2 aliphatic rings. The van der Waals surface area contributed by atoms with Gasteiger partial charge in [0.15, 0.2) is 11.7 Å². The lowest BCUT2D eigenvalue weighted by atomic mass is 10.2.